The Morgan fingerprint density at radius 2 is 1.75 bits per heavy atom. The second kappa shape index (κ2) is 7.65. The lowest BCUT2D eigenvalue weighted by Crippen LogP contribution is -2.27. The summed E-state index contributed by atoms with van der Waals surface area (Å²) in [6.45, 7) is 5.65. The van der Waals surface area contributed by atoms with Gasteiger partial charge >= 0.3 is 5.97 Å². The third-order valence-electron chi connectivity index (χ3n) is 2.24. The summed E-state index contributed by atoms with van der Waals surface area (Å²) in [5.74, 6) is -0.734. The Balaban J connectivity index is 2.16. The Kier molecular flexibility index (Phi) is 6.18. The first-order chi connectivity index (χ1) is 9.37. The van der Waals surface area contributed by atoms with Gasteiger partial charge in [-0.1, -0.05) is 30.3 Å². The van der Waals surface area contributed by atoms with Crippen LogP contribution in [0.4, 0.5) is 0 Å². The molecule has 0 spiro atoms. The van der Waals surface area contributed by atoms with Crippen LogP contribution in [0.25, 0.3) is 0 Å². The summed E-state index contributed by atoms with van der Waals surface area (Å²) in [5, 5.41) is 0. The molecule has 20 heavy (non-hydrogen) atoms. The van der Waals surface area contributed by atoms with Gasteiger partial charge in [-0.2, -0.15) is 0 Å². The lowest BCUT2D eigenvalue weighted by atomic mass is 10.2. The fourth-order valence-electron chi connectivity index (χ4n) is 1.43. The molecule has 1 aromatic carbocycles. The van der Waals surface area contributed by atoms with E-state index in [-0.39, 0.29) is 18.7 Å². The summed E-state index contributed by atoms with van der Waals surface area (Å²) in [4.78, 5) is 27.9. The second-order valence-electron chi connectivity index (χ2n) is 5.39. The first kappa shape index (κ1) is 16.2. The van der Waals surface area contributed by atoms with Crippen LogP contribution in [0.3, 0.4) is 0 Å². The average Bonchev–Trinajstić information content (AvgIpc) is 2.36. The van der Waals surface area contributed by atoms with E-state index in [2.05, 4.69) is 5.48 Å². The molecule has 0 atom stereocenters. The number of benzene rings is 1. The average molecular weight is 279 g/mol. The maximum Gasteiger partial charge on any atom is 0.306 e. The van der Waals surface area contributed by atoms with Crippen molar-refractivity contribution in [3.8, 4) is 0 Å². The van der Waals surface area contributed by atoms with Gasteiger partial charge in [-0.25, -0.2) is 5.48 Å². The summed E-state index contributed by atoms with van der Waals surface area (Å²) >= 11 is 0. The molecule has 0 unspecified atom stereocenters. The van der Waals surface area contributed by atoms with Gasteiger partial charge in [-0.15, -0.1) is 0 Å². The molecule has 0 aliphatic carbocycles. The van der Waals surface area contributed by atoms with Crippen LogP contribution in [0.2, 0.25) is 0 Å². The van der Waals surface area contributed by atoms with Crippen LogP contribution in [0.5, 0.6) is 0 Å². The van der Waals surface area contributed by atoms with Crippen LogP contribution in [-0.2, 0) is 25.8 Å². The Morgan fingerprint density at radius 3 is 2.35 bits per heavy atom. The molecule has 0 aromatic heterocycles. The van der Waals surface area contributed by atoms with E-state index in [1.165, 1.54) is 0 Å². The van der Waals surface area contributed by atoms with Gasteiger partial charge in [0.15, 0.2) is 0 Å². The van der Waals surface area contributed by atoms with E-state index in [9.17, 15) is 9.59 Å². The standard InChI is InChI=1S/C15H21NO4/c1-15(2,3)20-14(18)10-9-13(17)16-19-11-12-7-5-4-6-8-12/h4-8H,9-11H2,1-3H3,(H,16,17). The quantitative estimate of drug-likeness (QED) is 0.641. The van der Waals surface area contributed by atoms with Crippen molar-refractivity contribution in [2.24, 2.45) is 0 Å². The summed E-state index contributed by atoms with van der Waals surface area (Å²) in [6, 6.07) is 9.48. The molecule has 1 aromatic rings. The lowest BCUT2D eigenvalue weighted by Gasteiger charge is -2.19. The van der Waals surface area contributed by atoms with Crippen molar-refractivity contribution in [3.05, 3.63) is 35.9 Å². The topological polar surface area (TPSA) is 64.6 Å². The Bertz CT molecular complexity index is 437. The number of esters is 1. The van der Waals surface area contributed by atoms with Gasteiger partial charge in [0.25, 0.3) is 0 Å². The number of hydrogen-bond donors (Lipinski definition) is 1. The predicted octanol–water partition coefficient (Wildman–Crippen LogP) is 2.36. The Hall–Kier alpha value is -1.88. The molecular formula is C15H21NO4. The third kappa shape index (κ3) is 7.53. The molecule has 0 saturated carbocycles. The summed E-state index contributed by atoms with van der Waals surface area (Å²) < 4.78 is 5.10. The van der Waals surface area contributed by atoms with Gasteiger partial charge in [0.1, 0.15) is 5.60 Å². The third-order valence-corrected chi connectivity index (χ3v) is 2.24. The monoisotopic (exact) mass is 279 g/mol. The van der Waals surface area contributed by atoms with Gasteiger partial charge in [-0.3, -0.25) is 14.4 Å². The smallest absolute Gasteiger partial charge is 0.306 e. The molecule has 1 amide bonds. The number of carbonyl (C=O) groups excluding carboxylic acids is 2. The van der Waals surface area contributed by atoms with Crippen molar-refractivity contribution in [2.75, 3.05) is 0 Å². The fraction of sp³-hybridized carbons (Fsp3) is 0.467. The highest BCUT2D eigenvalue weighted by atomic mass is 16.6. The van der Waals surface area contributed by atoms with E-state index in [0.717, 1.165) is 5.56 Å². The number of ether oxygens (including phenoxy) is 1. The van der Waals surface area contributed by atoms with Gasteiger partial charge in [0, 0.05) is 6.42 Å². The number of hydrogen-bond acceptors (Lipinski definition) is 4. The molecule has 1 N–H and O–H groups in total. The first-order valence-corrected chi connectivity index (χ1v) is 6.53. The maximum atomic E-state index is 11.5. The predicted molar refractivity (Wildman–Crippen MR) is 74.5 cm³/mol. The molecule has 0 saturated heterocycles. The minimum atomic E-state index is -0.530. The number of hydroxylamine groups is 1. The number of carbonyl (C=O) groups is 2. The SMILES string of the molecule is CC(C)(C)OC(=O)CCC(=O)NOCc1ccccc1. The molecule has 0 fully saturated rings. The first-order valence-electron chi connectivity index (χ1n) is 6.53. The van der Waals surface area contributed by atoms with Gasteiger partial charge in [0.2, 0.25) is 5.91 Å². The van der Waals surface area contributed by atoms with E-state index >= 15 is 0 Å². The van der Waals surface area contributed by atoms with Crippen molar-refractivity contribution in [1.29, 1.82) is 0 Å². The zero-order valence-electron chi connectivity index (χ0n) is 12.1. The molecule has 0 radical (unpaired) electrons. The van der Waals surface area contributed by atoms with Gasteiger partial charge in [-0.05, 0) is 26.3 Å². The Morgan fingerprint density at radius 1 is 1.10 bits per heavy atom. The largest absolute Gasteiger partial charge is 0.460 e. The molecule has 0 heterocycles. The van der Waals surface area contributed by atoms with Gasteiger partial charge < -0.3 is 4.74 Å². The van der Waals surface area contributed by atoms with E-state index in [4.69, 9.17) is 9.57 Å². The summed E-state index contributed by atoms with van der Waals surface area (Å²) in [5.41, 5.74) is 2.73. The molecule has 0 aliphatic rings. The Labute approximate surface area is 119 Å². The van der Waals surface area contributed by atoms with Crippen molar-refractivity contribution in [2.45, 2.75) is 45.8 Å². The number of amides is 1. The number of nitrogens with one attached hydrogen (secondary N) is 1. The number of rotatable bonds is 6. The summed E-state index contributed by atoms with van der Waals surface area (Å²) in [7, 11) is 0. The molecular weight excluding hydrogens is 258 g/mol. The molecule has 5 heteroatoms. The van der Waals surface area contributed by atoms with Crippen LogP contribution in [0, 0.1) is 0 Å². The van der Waals surface area contributed by atoms with Crippen molar-refractivity contribution >= 4 is 11.9 Å². The van der Waals surface area contributed by atoms with E-state index in [0.29, 0.717) is 6.61 Å². The minimum Gasteiger partial charge on any atom is -0.460 e. The van der Waals surface area contributed by atoms with Crippen molar-refractivity contribution in [3.63, 3.8) is 0 Å². The van der Waals surface area contributed by atoms with Crippen LogP contribution >= 0.6 is 0 Å². The van der Waals surface area contributed by atoms with E-state index in [1.54, 1.807) is 20.8 Å². The van der Waals surface area contributed by atoms with Crippen molar-refractivity contribution < 1.29 is 19.2 Å². The molecule has 1 rings (SSSR count). The summed E-state index contributed by atoms with van der Waals surface area (Å²) in [6.07, 6.45) is 0.0848. The highest BCUT2D eigenvalue weighted by molar-refractivity contribution is 5.80. The van der Waals surface area contributed by atoms with Crippen LogP contribution in [0.1, 0.15) is 39.2 Å². The fourth-order valence-corrected chi connectivity index (χ4v) is 1.43. The highest BCUT2D eigenvalue weighted by Crippen LogP contribution is 2.09. The molecule has 110 valence electrons. The van der Waals surface area contributed by atoms with Crippen LogP contribution in [0.15, 0.2) is 30.3 Å². The molecule has 0 bridgehead atoms. The zero-order valence-corrected chi connectivity index (χ0v) is 12.1. The van der Waals surface area contributed by atoms with E-state index < -0.39 is 11.6 Å². The maximum absolute atomic E-state index is 11.5. The highest BCUT2D eigenvalue weighted by Gasteiger charge is 2.17. The molecule has 5 nitrogen and oxygen atoms in total. The van der Waals surface area contributed by atoms with Gasteiger partial charge in [0.05, 0.1) is 13.0 Å². The van der Waals surface area contributed by atoms with E-state index in [1.807, 2.05) is 30.3 Å². The normalized spacial score (nSPS) is 10.9. The van der Waals surface area contributed by atoms with Crippen LogP contribution in [-0.4, -0.2) is 17.5 Å². The minimum absolute atomic E-state index is 0.0395. The van der Waals surface area contributed by atoms with Crippen LogP contribution < -0.4 is 5.48 Å². The zero-order chi connectivity index (χ0) is 15.0. The second-order valence-corrected chi connectivity index (χ2v) is 5.39. The lowest BCUT2D eigenvalue weighted by molar-refractivity contribution is -0.156. The van der Waals surface area contributed by atoms with Crippen molar-refractivity contribution in [1.82, 2.24) is 5.48 Å². The molecule has 0 aliphatic heterocycles.